The SMILES string of the molecule is C=C(C)CC(NN)c1cc(Cl)ccc1I. The van der Waals surface area contributed by atoms with Crippen LogP contribution in [-0.2, 0) is 0 Å². The molecule has 0 amide bonds. The van der Waals surface area contributed by atoms with Gasteiger partial charge in [0.15, 0.2) is 0 Å². The summed E-state index contributed by atoms with van der Waals surface area (Å²) in [6, 6.07) is 5.88. The first-order chi connectivity index (χ1) is 7.04. The van der Waals surface area contributed by atoms with E-state index in [0.29, 0.717) is 0 Å². The van der Waals surface area contributed by atoms with Gasteiger partial charge in [-0.25, -0.2) is 0 Å². The first-order valence-corrected chi connectivity index (χ1v) is 6.05. The van der Waals surface area contributed by atoms with Crippen LogP contribution >= 0.6 is 34.2 Å². The van der Waals surface area contributed by atoms with Gasteiger partial charge < -0.3 is 0 Å². The van der Waals surface area contributed by atoms with E-state index in [1.54, 1.807) is 0 Å². The number of rotatable bonds is 4. The average Bonchev–Trinajstić information content (AvgIpc) is 2.18. The summed E-state index contributed by atoms with van der Waals surface area (Å²) in [6.07, 6.45) is 0.812. The third-order valence-electron chi connectivity index (χ3n) is 2.09. The molecule has 0 aliphatic rings. The second-order valence-electron chi connectivity index (χ2n) is 3.55. The molecule has 1 aromatic carbocycles. The number of nitrogens with one attached hydrogen (secondary N) is 1. The van der Waals surface area contributed by atoms with Crippen molar-refractivity contribution >= 4 is 34.2 Å². The Kier molecular flexibility index (Phi) is 5.05. The highest BCUT2D eigenvalue weighted by Crippen LogP contribution is 2.27. The Balaban J connectivity index is 3.00. The Morgan fingerprint density at radius 3 is 2.87 bits per heavy atom. The minimum atomic E-state index is 0.0769. The lowest BCUT2D eigenvalue weighted by molar-refractivity contribution is 0.548. The summed E-state index contributed by atoms with van der Waals surface area (Å²) in [5, 5.41) is 0.729. The zero-order chi connectivity index (χ0) is 11.4. The molecule has 2 nitrogen and oxygen atoms in total. The number of hydrogen-bond donors (Lipinski definition) is 2. The summed E-state index contributed by atoms with van der Waals surface area (Å²) >= 11 is 8.24. The van der Waals surface area contributed by atoms with Gasteiger partial charge in [0.1, 0.15) is 0 Å². The predicted molar refractivity (Wildman–Crippen MR) is 73.7 cm³/mol. The van der Waals surface area contributed by atoms with Crippen molar-refractivity contribution in [1.82, 2.24) is 5.43 Å². The fraction of sp³-hybridized carbons (Fsp3) is 0.273. The van der Waals surface area contributed by atoms with E-state index in [9.17, 15) is 0 Å². The van der Waals surface area contributed by atoms with E-state index in [1.165, 1.54) is 0 Å². The van der Waals surface area contributed by atoms with Crippen LogP contribution in [0.5, 0.6) is 0 Å². The van der Waals surface area contributed by atoms with Crippen LogP contribution in [0.2, 0.25) is 5.02 Å². The van der Waals surface area contributed by atoms with Gasteiger partial charge in [0.05, 0.1) is 6.04 Å². The van der Waals surface area contributed by atoms with Gasteiger partial charge in [-0.05, 0) is 59.7 Å². The summed E-state index contributed by atoms with van der Waals surface area (Å²) in [5.74, 6) is 5.53. The maximum Gasteiger partial charge on any atom is 0.0507 e. The van der Waals surface area contributed by atoms with Gasteiger partial charge in [0.2, 0.25) is 0 Å². The molecule has 0 aliphatic carbocycles. The molecule has 1 aromatic rings. The van der Waals surface area contributed by atoms with Crippen molar-refractivity contribution in [2.75, 3.05) is 0 Å². The molecule has 0 radical (unpaired) electrons. The lowest BCUT2D eigenvalue weighted by Gasteiger charge is -2.18. The van der Waals surface area contributed by atoms with E-state index < -0.39 is 0 Å². The van der Waals surface area contributed by atoms with Crippen molar-refractivity contribution < 1.29 is 0 Å². The standard InChI is InChI=1S/C11H14ClIN2/c1-7(2)5-11(15-14)9-6-8(12)3-4-10(9)13/h3-4,6,11,15H,1,5,14H2,2H3. The van der Waals surface area contributed by atoms with Crippen LogP contribution in [0, 0.1) is 3.57 Å². The minimum Gasteiger partial charge on any atom is -0.271 e. The van der Waals surface area contributed by atoms with Crippen LogP contribution in [0.1, 0.15) is 24.9 Å². The molecule has 0 spiro atoms. The van der Waals surface area contributed by atoms with E-state index >= 15 is 0 Å². The van der Waals surface area contributed by atoms with Gasteiger partial charge in [0, 0.05) is 8.59 Å². The van der Waals surface area contributed by atoms with Crippen molar-refractivity contribution in [2.24, 2.45) is 5.84 Å². The third-order valence-corrected chi connectivity index (χ3v) is 3.30. The third kappa shape index (κ3) is 3.75. The molecule has 1 rings (SSSR count). The monoisotopic (exact) mass is 336 g/mol. The lowest BCUT2D eigenvalue weighted by atomic mass is 10.0. The molecule has 0 aliphatic heterocycles. The number of halogens is 2. The smallest absolute Gasteiger partial charge is 0.0507 e. The van der Waals surface area contributed by atoms with Crippen molar-refractivity contribution in [1.29, 1.82) is 0 Å². The minimum absolute atomic E-state index is 0.0769. The molecule has 0 bridgehead atoms. The largest absolute Gasteiger partial charge is 0.271 e. The van der Waals surface area contributed by atoms with Crippen LogP contribution in [-0.4, -0.2) is 0 Å². The van der Waals surface area contributed by atoms with Gasteiger partial charge in [-0.3, -0.25) is 11.3 Å². The molecule has 15 heavy (non-hydrogen) atoms. The summed E-state index contributed by atoms with van der Waals surface area (Å²) in [4.78, 5) is 0. The summed E-state index contributed by atoms with van der Waals surface area (Å²) in [6.45, 7) is 5.88. The summed E-state index contributed by atoms with van der Waals surface area (Å²) in [5.41, 5.74) is 5.00. The molecule has 0 heterocycles. The van der Waals surface area contributed by atoms with Gasteiger partial charge in [-0.1, -0.05) is 17.2 Å². The molecule has 0 saturated heterocycles. The van der Waals surface area contributed by atoms with Gasteiger partial charge in [-0.15, -0.1) is 6.58 Å². The van der Waals surface area contributed by atoms with Crippen LogP contribution < -0.4 is 11.3 Å². The Morgan fingerprint density at radius 2 is 2.33 bits per heavy atom. The zero-order valence-corrected chi connectivity index (χ0v) is 11.5. The Morgan fingerprint density at radius 1 is 1.67 bits per heavy atom. The topological polar surface area (TPSA) is 38.0 Å². The number of benzene rings is 1. The molecule has 82 valence electrons. The van der Waals surface area contributed by atoms with Crippen molar-refractivity contribution in [3.63, 3.8) is 0 Å². The molecule has 1 atom stereocenters. The summed E-state index contributed by atoms with van der Waals surface area (Å²) in [7, 11) is 0. The van der Waals surface area contributed by atoms with E-state index in [1.807, 2.05) is 25.1 Å². The zero-order valence-electron chi connectivity index (χ0n) is 8.56. The van der Waals surface area contributed by atoms with Gasteiger partial charge in [0.25, 0.3) is 0 Å². The van der Waals surface area contributed by atoms with E-state index in [0.717, 1.165) is 26.2 Å². The van der Waals surface area contributed by atoms with E-state index in [2.05, 4.69) is 34.6 Å². The number of nitrogens with two attached hydrogens (primary N) is 1. The Labute approximate surface area is 109 Å². The highest BCUT2D eigenvalue weighted by Gasteiger charge is 2.13. The van der Waals surface area contributed by atoms with Gasteiger partial charge in [-0.2, -0.15) is 0 Å². The first-order valence-electron chi connectivity index (χ1n) is 4.60. The van der Waals surface area contributed by atoms with Crippen LogP contribution in [0.3, 0.4) is 0 Å². The molecule has 0 fully saturated rings. The van der Waals surface area contributed by atoms with Crippen LogP contribution in [0.4, 0.5) is 0 Å². The molecule has 4 heteroatoms. The number of hydrogen-bond acceptors (Lipinski definition) is 2. The quantitative estimate of drug-likeness (QED) is 0.383. The Hall–Kier alpha value is -0.100. The first kappa shape index (κ1) is 13.0. The van der Waals surface area contributed by atoms with Crippen LogP contribution in [0.25, 0.3) is 0 Å². The number of hydrazine groups is 1. The average molecular weight is 337 g/mol. The summed E-state index contributed by atoms with van der Waals surface area (Å²) < 4.78 is 1.15. The fourth-order valence-corrected chi connectivity index (χ4v) is 2.28. The molecule has 1 unspecified atom stereocenters. The maximum atomic E-state index is 5.96. The molecule has 0 aromatic heterocycles. The maximum absolute atomic E-state index is 5.96. The van der Waals surface area contributed by atoms with Gasteiger partial charge >= 0.3 is 0 Å². The highest BCUT2D eigenvalue weighted by molar-refractivity contribution is 14.1. The van der Waals surface area contributed by atoms with E-state index in [4.69, 9.17) is 17.4 Å². The normalized spacial score (nSPS) is 12.5. The second kappa shape index (κ2) is 5.84. The van der Waals surface area contributed by atoms with Crippen molar-refractivity contribution in [3.05, 3.63) is 44.5 Å². The van der Waals surface area contributed by atoms with Crippen molar-refractivity contribution in [2.45, 2.75) is 19.4 Å². The second-order valence-corrected chi connectivity index (χ2v) is 5.14. The fourth-order valence-electron chi connectivity index (χ4n) is 1.39. The molecular weight excluding hydrogens is 322 g/mol. The lowest BCUT2D eigenvalue weighted by Crippen LogP contribution is -2.28. The molecule has 0 saturated carbocycles. The van der Waals surface area contributed by atoms with Crippen LogP contribution in [0.15, 0.2) is 30.4 Å². The molecule has 3 N–H and O–H groups in total. The highest BCUT2D eigenvalue weighted by atomic mass is 127. The van der Waals surface area contributed by atoms with Crippen molar-refractivity contribution in [3.8, 4) is 0 Å². The Bertz CT molecular complexity index is 366. The predicted octanol–water partition coefficient (Wildman–Crippen LogP) is 3.42. The van der Waals surface area contributed by atoms with E-state index in [-0.39, 0.29) is 6.04 Å². The molecular formula is C11H14ClIN2.